The molecule has 0 unspecified atom stereocenters. The van der Waals surface area contributed by atoms with Crippen molar-refractivity contribution in [3.63, 3.8) is 0 Å². The maximum absolute atomic E-state index is 13.4. The average Bonchev–Trinajstić information content (AvgIpc) is 3.06. The van der Waals surface area contributed by atoms with Gasteiger partial charge in [0.2, 0.25) is 15.8 Å². The molecule has 1 amide bonds. The van der Waals surface area contributed by atoms with Crippen molar-refractivity contribution >= 4 is 38.5 Å². The molecule has 2 aliphatic heterocycles. The number of nitrogens with zero attached hydrogens (tertiary/aromatic N) is 2. The van der Waals surface area contributed by atoms with Crippen molar-refractivity contribution in [3.8, 4) is 0 Å². The van der Waals surface area contributed by atoms with Crippen molar-refractivity contribution in [2.24, 2.45) is 0 Å². The van der Waals surface area contributed by atoms with E-state index in [0.29, 0.717) is 34.6 Å². The van der Waals surface area contributed by atoms with Gasteiger partial charge in [-0.15, -0.1) is 0 Å². The molecular formula is C24H23ClN2O5S. The van der Waals surface area contributed by atoms with E-state index >= 15 is 0 Å². The summed E-state index contributed by atoms with van der Waals surface area (Å²) >= 11 is 6.23. The van der Waals surface area contributed by atoms with Gasteiger partial charge in [-0.2, -0.15) is 4.31 Å². The van der Waals surface area contributed by atoms with Crippen molar-refractivity contribution in [2.75, 3.05) is 20.1 Å². The summed E-state index contributed by atoms with van der Waals surface area (Å²) in [6, 6.07) is 8.93. The number of hydrogen-bond acceptors (Lipinski definition) is 5. The van der Waals surface area contributed by atoms with Crippen LogP contribution in [-0.4, -0.2) is 43.7 Å². The maximum atomic E-state index is 13.4. The van der Waals surface area contributed by atoms with Crippen LogP contribution in [0.1, 0.15) is 52.5 Å². The Balaban J connectivity index is 1.59. The Bertz CT molecular complexity index is 1440. The maximum Gasteiger partial charge on any atom is 0.290 e. The van der Waals surface area contributed by atoms with Crippen molar-refractivity contribution < 1.29 is 17.6 Å². The van der Waals surface area contributed by atoms with Gasteiger partial charge in [-0.1, -0.05) is 30.2 Å². The summed E-state index contributed by atoms with van der Waals surface area (Å²) in [7, 11) is -1.97. The van der Waals surface area contributed by atoms with Gasteiger partial charge in [-0.3, -0.25) is 9.59 Å². The summed E-state index contributed by atoms with van der Waals surface area (Å²) in [6.07, 6.45) is 2.75. The fraction of sp³-hybridized carbons (Fsp3) is 0.333. The molecule has 1 atom stereocenters. The summed E-state index contributed by atoms with van der Waals surface area (Å²) in [4.78, 5) is 28.0. The van der Waals surface area contributed by atoms with Gasteiger partial charge in [0.25, 0.3) is 5.91 Å². The quantitative estimate of drug-likeness (QED) is 0.556. The molecule has 1 aromatic heterocycles. The van der Waals surface area contributed by atoms with Gasteiger partial charge < -0.3 is 9.32 Å². The number of fused-ring (bicyclic) bond motifs is 2. The van der Waals surface area contributed by atoms with Crippen molar-refractivity contribution in [2.45, 2.75) is 37.1 Å². The Morgan fingerprint density at radius 3 is 2.36 bits per heavy atom. The highest BCUT2D eigenvalue weighted by atomic mass is 35.5. The molecule has 0 aliphatic carbocycles. The van der Waals surface area contributed by atoms with Crippen molar-refractivity contribution in [1.29, 1.82) is 0 Å². The minimum atomic E-state index is -3.58. The van der Waals surface area contributed by atoms with Gasteiger partial charge in [0.1, 0.15) is 5.58 Å². The molecule has 0 spiro atoms. The zero-order valence-electron chi connectivity index (χ0n) is 18.3. The van der Waals surface area contributed by atoms with Gasteiger partial charge >= 0.3 is 0 Å². The Kier molecular flexibility index (Phi) is 5.34. The zero-order valence-corrected chi connectivity index (χ0v) is 19.9. The van der Waals surface area contributed by atoms with E-state index in [1.807, 2.05) is 0 Å². The summed E-state index contributed by atoms with van der Waals surface area (Å²) in [5, 5.41) is 0.748. The van der Waals surface area contributed by atoms with E-state index < -0.39 is 22.0 Å². The third kappa shape index (κ3) is 3.48. The first-order valence-corrected chi connectivity index (χ1v) is 12.7. The van der Waals surface area contributed by atoms with Crippen molar-refractivity contribution in [1.82, 2.24) is 9.21 Å². The van der Waals surface area contributed by atoms with E-state index in [-0.39, 0.29) is 21.6 Å². The SMILES string of the molecule is Cc1cc2oc3c(c(=O)c2cc1Cl)[C@H](c1ccc(S(=O)(=O)N2CCCCC2)cc1)N(C)C3=O. The molecule has 3 aromatic rings. The normalized spacial score (nSPS) is 19.3. The largest absolute Gasteiger partial charge is 0.450 e. The molecule has 33 heavy (non-hydrogen) atoms. The third-order valence-electron chi connectivity index (χ3n) is 6.53. The molecule has 0 N–H and O–H groups in total. The number of piperidine rings is 1. The Labute approximate surface area is 196 Å². The number of amides is 1. The summed E-state index contributed by atoms with van der Waals surface area (Å²) < 4.78 is 33.3. The van der Waals surface area contributed by atoms with Crippen LogP contribution >= 0.6 is 11.6 Å². The van der Waals surface area contributed by atoms with Gasteiger partial charge in [0, 0.05) is 25.2 Å². The van der Waals surface area contributed by atoms with Crippen LogP contribution in [0.4, 0.5) is 0 Å². The lowest BCUT2D eigenvalue weighted by atomic mass is 9.98. The smallest absolute Gasteiger partial charge is 0.290 e. The second kappa shape index (κ2) is 7.97. The van der Waals surface area contributed by atoms with Crippen LogP contribution in [0.25, 0.3) is 11.0 Å². The van der Waals surface area contributed by atoms with Crippen LogP contribution in [-0.2, 0) is 10.0 Å². The van der Waals surface area contributed by atoms with Crippen LogP contribution in [0.5, 0.6) is 0 Å². The van der Waals surface area contributed by atoms with E-state index in [1.54, 1.807) is 50.4 Å². The Morgan fingerprint density at radius 1 is 1.03 bits per heavy atom. The Morgan fingerprint density at radius 2 is 1.70 bits per heavy atom. The fourth-order valence-corrected chi connectivity index (χ4v) is 6.36. The van der Waals surface area contributed by atoms with Crippen LogP contribution in [0.3, 0.4) is 0 Å². The number of rotatable bonds is 3. The number of sulfonamides is 1. The monoisotopic (exact) mass is 486 g/mol. The number of hydrogen-bond donors (Lipinski definition) is 0. The molecule has 1 saturated heterocycles. The molecule has 172 valence electrons. The van der Waals surface area contributed by atoms with Crippen molar-refractivity contribution in [3.05, 3.63) is 74.1 Å². The average molecular weight is 487 g/mol. The van der Waals surface area contributed by atoms with E-state index in [2.05, 4.69) is 0 Å². The third-order valence-corrected chi connectivity index (χ3v) is 8.85. The van der Waals surface area contributed by atoms with Crippen LogP contribution in [0.15, 0.2) is 50.5 Å². The topological polar surface area (TPSA) is 87.9 Å². The lowest BCUT2D eigenvalue weighted by Crippen LogP contribution is -2.35. The highest BCUT2D eigenvalue weighted by Gasteiger charge is 2.41. The minimum Gasteiger partial charge on any atom is -0.450 e. The number of benzene rings is 2. The molecule has 5 rings (SSSR count). The molecule has 1 fully saturated rings. The lowest BCUT2D eigenvalue weighted by Gasteiger charge is -2.26. The molecule has 0 saturated carbocycles. The molecule has 2 aromatic carbocycles. The summed E-state index contributed by atoms with van der Waals surface area (Å²) in [5.74, 6) is -0.390. The summed E-state index contributed by atoms with van der Waals surface area (Å²) in [6.45, 7) is 2.84. The highest BCUT2D eigenvalue weighted by Crippen LogP contribution is 2.38. The van der Waals surface area contributed by atoms with Gasteiger partial charge in [-0.05, 0) is 55.2 Å². The molecule has 2 aliphatic rings. The minimum absolute atomic E-state index is 0.00624. The van der Waals surface area contributed by atoms with E-state index in [1.165, 1.54) is 9.21 Å². The molecule has 0 radical (unpaired) electrons. The second-order valence-electron chi connectivity index (χ2n) is 8.62. The number of halogens is 1. The number of aryl methyl sites for hydroxylation is 1. The zero-order chi connectivity index (χ0) is 23.5. The Hall–Kier alpha value is -2.68. The lowest BCUT2D eigenvalue weighted by molar-refractivity contribution is 0.0771. The first-order chi connectivity index (χ1) is 15.7. The predicted octanol–water partition coefficient (Wildman–Crippen LogP) is 4.10. The summed E-state index contributed by atoms with van der Waals surface area (Å²) in [5.41, 5.74) is 1.61. The number of carbonyl (C=O) groups excluding carboxylic acids is 1. The molecule has 0 bridgehead atoms. The molecular weight excluding hydrogens is 464 g/mol. The van der Waals surface area contributed by atoms with Gasteiger partial charge in [0.05, 0.1) is 21.9 Å². The predicted molar refractivity (Wildman–Crippen MR) is 125 cm³/mol. The van der Waals surface area contributed by atoms with Gasteiger partial charge in [-0.25, -0.2) is 8.42 Å². The van der Waals surface area contributed by atoms with E-state index in [0.717, 1.165) is 24.8 Å². The second-order valence-corrected chi connectivity index (χ2v) is 11.0. The standard InChI is InChI=1S/C24H23ClN2O5S/c1-14-12-19-17(13-18(14)25)22(28)20-21(26(2)24(29)23(20)32-19)15-6-8-16(9-7-15)33(30,31)27-10-4-3-5-11-27/h6-9,12-13,21H,3-5,10-11H2,1-2H3/t21-/m0/s1. The molecule has 3 heterocycles. The first kappa shape index (κ1) is 22.1. The van der Waals surface area contributed by atoms with Crippen LogP contribution in [0.2, 0.25) is 5.02 Å². The molecule has 9 heteroatoms. The molecule has 7 nitrogen and oxygen atoms in total. The van der Waals surface area contributed by atoms with Gasteiger partial charge in [0.15, 0.2) is 5.43 Å². The number of carbonyl (C=O) groups is 1. The first-order valence-electron chi connectivity index (χ1n) is 10.8. The van der Waals surface area contributed by atoms with E-state index in [9.17, 15) is 18.0 Å². The van der Waals surface area contributed by atoms with Crippen LogP contribution in [0, 0.1) is 6.92 Å². The fourth-order valence-electron chi connectivity index (χ4n) is 4.68. The highest BCUT2D eigenvalue weighted by molar-refractivity contribution is 7.89. The van der Waals surface area contributed by atoms with Crippen LogP contribution < -0.4 is 5.43 Å². The van der Waals surface area contributed by atoms with E-state index in [4.69, 9.17) is 16.0 Å².